The highest BCUT2D eigenvalue weighted by atomic mass is 32.2. The Hall–Kier alpha value is -0.910. The molecule has 0 aromatic heterocycles. The summed E-state index contributed by atoms with van der Waals surface area (Å²) in [6.07, 6.45) is 1.96. The van der Waals surface area contributed by atoms with Crippen molar-refractivity contribution >= 4 is 10.0 Å². The van der Waals surface area contributed by atoms with Gasteiger partial charge in [-0.15, -0.1) is 0 Å². The average Bonchev–Trinajstić information content (AvgIpc) is 2.32. The van der Waals surface area contributed by atoms with E-state index in [4.69, 9.17) is 5.14 Å². The van der Waals surface area contributed by atoms with E-state index in [2.05, 4.69) is 26.1 Å². The first-order valence-corrected chi connectivity index (χ1v) is 8.60. The standard InChI is InChI=1S/C15H22N2O2S/c1-14(2)13-8-10-4-5-11(20(16,18)19)9-12(10)15(14,3)6-7-17-13/h4-5,9,13,17H,6-8H2,1-3H3,(H2,16,18,19)/t13-,15-/m0/s1. The number of primary sulfonamides is 1. The first kappa shape index (κ1) is 14.0. The van der Waals surface area contributed by atoms with E-state index in [0.29, 0.717) is 6.04 Å². The van der Waals surface area contributed by atoms with Crippen molar-refractivity contribution in [2.24, 2.45) is 10.6 Å². The molecule has 0 amide bonds. The van der Waals surface area contributed by atoms with Gasteiger partial charge in [0.2, 0.25) is 10.0 Å². The quantitative estimate of drug-likeness (QED) is 0.825. The van der Waals surface area contributed by atoms with Crippen LogP contribution >= 0.6 is 0 Å². The van der Waals surface area contributed by atoms with Crippen LogP contribution in [0.5, 0.6) is 0 Å². The maximum atomic E-state index is 11.6. The lowest BCUT2D eigenvalue weighted by atomic mass is 9.51. The zero-order chi connectivity index (χ0) is 14.8. The van der Waals surface area contributed by atoms with Gasteiger partial charge < -0.3 is 5.32 Å². The summed E-state index contributed by atoms with van der Waals surface area (Å²) in [7, 11) is -3.64. The molecule has 1 aromatic rings. The van der Waals surface area contributed by atoms with Crippen LogP contribution in [0.4, 0.5) is 0 Å². The van der Waals surface area contributed by atoms with Crippen LogP contribution in [-0.2, 0) is 21.9 Å². The van der Waals surface area contributed by atoms with Gasteiger partial charge in [0.15, 0.2) is 0 Å². The second-order valence-electron chi connectivity index (χ2n) is 6.88. The fraction of sp³-hybridized carbons (Fsp3) is 0.600. The zero-order valence-corrected chi connectivity index (χ0v) is 13.0. The number of hydrogen-bond donors (Lipinski definition) is 2. The number of piperidine rings is 1. The molecular weight excluding hydrogens is 272 g/mol. The van der Waals surface area contributed by atoms with Crippen LogP contribution in [0.15, 0.2) is 23.1 Å². The van der Waals surface area contributed by atoms with Crippen LogP contribution in [0, 0.1) is 5.41 Å². The molecule has 0 radical (unpaired) electrons. The number of hydrogen-bond acceptors (Lipinski definition) is 3. The van der Waals surface area contributed by atoms with E-state index >= 15 is 0 Å². The lowest BCUT2D eigenvalue weighted by Crippen LogP contribution is -2.62. The number of fused-ring (bicyclic) bond motifs is 4. The van der Waals surface area contributed by atoms with Gasteiger partial charge in [-0.2, -0.15) is 0 Å². The minimum atomic E-state index is -3.64. The summed E-state index contributed by atoms with van der Waals surface area (Å²) in [5.41, 5.74) is 2.48. The van der Waals surface area contributed by atoms with Gasteiger partial charge in [0.1, 0.15) is 0 Å². The van der Waals surface area contributed by atoms with E-state index in [1.165, 1.54) is 5.56 Å². The Morgan fingerprint density at radius 1 is 1.30 bits per heavy atom. The fourth-order valence-corrected chi connectivity index (χ4v) is 4.45. The minimum absolute atomic E-state index is 0.0167. The van der Waals surface area contributed by atoms with Gasteiger partial charge in [0.25, 0.3) is 0 Å². The van der Waals surface area contributed by atoms with Gasteiger partial charge in [0, 0.05) is 11.5 Å². The molecule has 1 fully saturated rings. The summed E-state index contributed by atoms with van der Waals surface area (Å²) in [5, 5.41) is 8.90. The van der Waals surface area contributed by atoms with Crippen molar-refractivity contribution < 1.29 is 8.42 Å². The highest BCUT2D eigenvalue weighted by Gasteiger charge is 2.53. The predicted octanol–water partition coefficient (Wildman–Crippen LogP) is 1.54. The fourth-order valence-electron chi connectivity index (χ4n) is 3.91. The van der Waals surface area contributed by atoms with Gasteiger partial charge in [0.05, 0.1) is 4.90 Å². The van der Waals surface area contributed by atoms with Crippen molar-refractivity contribution in [3.05, 3.63) is 29.3 Å². The zero-order valence-electron chi connectivity index (χ0n) is 12.2. The third-order valence-electron chi connectivity index (χ3n) is 5.74. The molecule has 110 valence electrons. The van der Waals surface area contributed by atoms with Gasteiger partial charge in [-0.1, -0.05) is 26.8 Å². The number of nitrogens with two attached hydrogens (primary N) is 1. The summed E-state index contributed by atoms with van der Waals surface area (Å²) >= 11 is 0. The van der Waals surface area contributed by atoms with Crippen LogP contribution in [0.1, 0.15) is 38.3 Å². The second kappa shape index (κ2) is 4.06. The van der Waals surface area contributed by atoms with Crippen LogP contribution in [-0.4, -0.2) is 21.0 Å². The van der Waals surface area contributed by atoms with Crippen molar-refractivity contribution in [1.29, 1.82) is 0 Å². The number of nitrogens with one attached hydrogen (secondary N) is 1. The lowest BCUT2D eigenvalue weighted by molar-refractivity contribution is 0.0557. The third-order valence-corrected chi connectivity index (χ3v) is 6.65. The van der Waals surface area contributed by atoms with Crippen LogP contribution < -0.4 is 10.5 Å². The molecule has 1 heterocycles. The monoisotopic (exact) mass is 294 g/mol. The van der Waals surface area contributed by atoms with E-state index in [1.54, 1.807) is 12.1 Å². The SMILES string of the molecule is CC1(C)[C@@H]2Cc3ccc(S(N)(=O)=O)cc3[C@]1(C)CCN2. The molecular formula is C15H22N2O2S. The first-order valence-electron chi connectivity index (χ1n) is 7.06. The van der Waals surface area contributed by atoms with Crippen molar-refractivity contribution in [2.75, 3.05) is 6.54 Å². The molecule has 2 bridgehead atoms. The van der Waals surface area contributed by atoms with Gasteiger partial charge in [-0.05, 0) is 48.1 Å². The summed E-state index contributed by atoms with van der Waals surface area (Å²) < 4.78 is 23.2. The second-order valence-corrected chi connectivity index (χ2v) is 8.44. The normalized spacial score (nSPS) is 31.7. The van der Waals surface area contributed by atoms with Crippen LogP contribution in [0.3, 0.4) is 0 Å². The molecule has 4 nitrogen and oxygen atoms in total. The number of benzene rings is 1. The molecule has 1 aliphatic carbocycles. The summed E-state index contributed by atoms with van der Waals surface area (Å²) in [6.45, 7) is 7.78. The molecule has 1 aliphatic heterocycles. The maximum Gasteiger partial charge on any atom is 0.238 e. The lowest BCUT2D eigenvalue weighted by Gasteiger charge is -2.57. The highest BCUT2D eigenvalue weighted by Crippen LogP contribution is 2.53. The largest absolute Gasteiger partial charge is 0.313 e. The van der Waals surface area contributed by atoms with E-state index in [9.17, 15) is 8.42 Å². The Morgan fingerprint density at radius 2 is 2.00 bits per heavy atom. The van der Waals surface area contributed by atoms with Gasteiger partial charge in [-0.25, -0.2) is 13.6 Å². The van der Waals surface area contributed by atoms with Crippen molar-refractivity contribution in [3.63, 3.8) is 0 Å². The molecule has 3 N–H and O–H groups in total. The summed E-state index contributed by atoms with van der Waals surface area (Å²) in [5.74, 6) is 0. The molecule has 1 aromatic carbocycles. The molecule has 0 spiro atoms. The smallest absolute Gasteiger partial charge is 0.238 e. The van der Waals surface area contributed by atoms with Crippen molar-refractivity contribution in [3.8, 4) is 0 Å². The van der Waals surface area contributed by atoms with Crippen LogP contribution in [0.25, 0.3) is 0 Å². The van der Waals surface area contributed by atoms with Gasteiger partial charge in [-0.3, -0.25) is 0 Å². The summed E-state index contributed by atoms with van der Waals surface area (Å²) in [4.78, 5) is 0.227. The van der Waals surface area contributed by atoms with E-state index in [-0.39, 0.29) is 15.7 Å². The third kappa shape index (κ3) is 1.76. The first-order chi connectivity index (χ1) is 9.16. The Morgan fingerprint density at radius 3 is 2.65 bits per heavy atom. The van der Waals surface area contributed by atoms with E-state index in [0.717, 1.165) is 24.9 Å². The molecule has 5 heteroatoms. The molecule has 0 saturated carbocycles. The Bertz CT molecular complexity index is 666. The Labute approximate surface area is 120 Å². The molecule has 2 aliphatic rings. The predicted molar refractivity (Wildman–Crippen MR) is 79.1 cm³/mol. The number of sulfonamides is 1. The Kier molecular flexibility index (Phi) is 2.85. The van der Waals surface area contributed by atoms with Crippen molar-refractivity contribution in [1.82, 2.24) is 5.32 Å². The molecule has 1 saturated heterocycles. The molecule has 2 atom stereocenters. The minimum Gasteiger partial charge on any atom is -0.313 e. The number of rotatable bonds is 1. The Balaban J connectivity index is 2.24. The molecule has 20 heavy (non-hydrogen) atoms. The maximum absolute atomic E-state index is 11.6. The highest BCUT2D eigenvalue weighted by molar-refractivity contribution is 7.89. The molecule has 0 unspecified atom stereocenters. The van der Waals surface area contributed by atoms with E-state index in [1.807, 2.05) is 6.07 Å². The van der Waals surface area contributed by atoms with Crippen molar-refractivity contribution in [2.45, 2.75) is 50.0 Å². The summed E-state index contributed by atoms with van der Waals surface area (Å²) in [6, 6.07) is 5.80. The topological polar surface area (TPSA) is 72.2 Å². The van der Waals surface area contributed by atoms with Crippen LogP contribution in [0.2, 0.25) is 0 Å². The van der Waals surface area contributed by atoms with Gasteiger partial charge >= 0.3 is 0 Å². The molecule has 3 rings (SSSR count). The average molecular weight is 294 g/mol. The van der Waals surface area contributed by atoms with E-state index < -0.39 is 10.0 Å².